The highest BCUT2D eigenvalue weighted by molar-refractivity contribution is 6.11. The molecular weight excluding hydrogens is 320 g/mol. The fourth-order valence-electron chi connectivity index (χ4n) is 3.36. The predicted octanol–water partition coefficient (Wildman–Crippen LogP) is 3.07. The van der Waals surface area contributed by atoms with Crippen LogP contribution < -0.4 is 5.32 Å². The van der Waals surface area contributed by atoms with Gasteiger partial charge >= 0.3 is 0 Å². The summed E-state index contributed by atoms with van der Waals surface area (Å²) in [5.41, 5.74) is 0.724. The largest absolute Gasteiger partial charge is 0.461 e. The van der Waals surface area contributed by atoms with E-state index in [4.69, 9.17) is 4.42 Å². The molecular formula is C18H18N4O3. The maximum absolute atomic E-state index is 12.5. The summed E-state index contributed by atoms with van der Waals surface area (Å²) in [6.07, 6.45) is 9.60. The lowest BCUT2D eigenvalue weighted by Gasteiger charge is -2.10. The third kappa shape index (κ3) is 3.05. The van der Waals surface area contributed by atoms with Crippen LogP contribution in [0.2, 0.25) is 0 Å². The van der Waals surface area contributed by atoms with Crippen molar-refractivity contribution >= 4 is 23.2 Å². The van der Waals surface area contributed by atoms with Crippen LogP contribution in [0.5, 0.6) is 0 Å². The fraction of sp³-hybridized carbons (Fsp3) is 0.333. The van der Waals surface area contributed by atoms with E-state index in [9.17, 15) is 9.59 Å². The monoisotopic (exact) mass is 338 g/mol. The predicted molar refractivity (Wildman–Crippen MR) is 90.3 cm³/mol. The Morgan fingerprint density at radius 3 is 2.88 bits per heavy atom. The summed E-state index contributed by atoms with van der Waals surface area (Å²) >= 11 is 0. The number of fused-ring (bicyclic) bond motifs is 1. The molecule has 0 unspecified atom stereocenters. The van der Waals surface area contributed by atoms with Gasteiger partial charge in [0.25, 0.3) is 0 Å². The Bertz CT molecular complexity index is 908. The van der Waals surface area contributed by atoms with E-state index >= 15 is 0 Å². The van der Waals surface area contributed by atoms with Crippen LogP contribution in [0, 0.1) is 5.92 Å². The van der Waals surface area contributed by atoms with Crippen LogP contribution >= 0.6 is 0 Å². The van der Waals surface area contributed by atoms with E-state index < -0.39 is 0 Å². The van der Waals surface area contributed by atoms with E-state index in [-0.39, 0.29) is 17.5 Å². The summed E-state index contributed by atoms with van der Waals surface area (Å²) in [5, 5.41) is 7.10. The van der Waals surface area contributed by atoms with Gasteiger partial charge in [-0.15, -0.1) is 0 Å². The molecule has 0 bridgehead atoms. The molecule has 7 nitrogen and oxygen atoms in total. The third-order valence-corrected chi connectivity index (χ3v) is 4.61. The van der Waals surface area contributed by atoms with Crippen molar-refractivity contribution < 1.29 is 14.0 Å². The number of carbonyl (C=O) groups is 2. The molecule has 0 aromatic carbocycles. The van der Waals surface area contributed by atoms with Gasteiger partial charge in [0.05, 0.1) is 18.0 Å². The van der Waals surface area contributed by atoms with Gasteiger partial charge in [0.15, 0.2) is 11.4 Å². The number of furan rings is 1. The van der Waals surface area contributed by atoms with Crippen molar-refractivity contribution in [1.29, 1.82) is 0 Å². The molecule has 1 N–H and O–H groups in total. The van der Waals surface area contributed by atoms with Crippen molar-refractivity contribution in [2.75, 3.05) is 5.32 Å². The van der Waals surface area contributed by atoms with Gasteiger partial charge in [-0.1, -0.05) is 12.8 Å². The number of hydrogen-bond acceptors (Lipinski definition) is 5. The Balaban J connectivity index is 1.58. The standard InChI is InChI=1S/C18H18N4O3/c23-16(10-12-4-1-2-5-12)21-15-7-8-19-18-13(11-20-22(15)18)17(24)14-6-3-9-25-14/h3,6-9,11-12H,1-2,4-5,10H2,(H,21,23). The van der Waals surface area contributed by atoms with Gasteiger partial charge in [0, 0.05) is 12.6 Å². The van der Waals surface area contributed by atoms with Crippen LogP contribution in [-0.2, 0) is 4.79 Å². The first kappa shape index (κ1) is 15.6. The van der Waals surface area contributed by atoms with Crippen molar-refractivity contribution in [3.05, 3.63) is 48.2 Å². The lowest BCUT2D eigenvalue weighted by atomic mass is 10.0. The van der Waals surface area contributed by atoms with Gasteiger partial charge in [-0.2, -0.15) is 9.61 Å². The number of ketones is 1. The number of carbonyl (C=O) groups excluding carboxylic acids is 2. The molecule has 1 fully saturated rings. The highest BCUT2D eigenvalue weighted by atomic mass is 16.3. The Morgan fingerprint density at radius 2 is 2.12 bits per heavy atom. The van der Waals surface area contributed by atoms with E-state index in [2.05, 4.69) is 15.4 Å². The zero-order chi connectivity index (χ0) is 17.2. The third-order valence-electron chi connectivity index (χ3n) is 4.61. The number of hydrogen-bond donors (Lipinski definition) is 1. The average Bonchev–Trinajstić information content (AvgIpc) is 3.36. The first-order valence-electron chi connectivity index (χ1n) is 8.43. The van der Waals surface area contributed by atoms with Gasteiger partial charge in [-0.05, 0) is 37.0 Å². The topological polar surface area (TPSA) is 89.5 Å². The van der Waals surface area contributed by atoms with Crippen molar-refractivity contribution in [2.45, 2.75) is 32.1 Å². The Hall–Kier alpha value is -2.96. The maximum atomic E-state index is 12.5. The summed E-state index contributed by atoms with van der Waals surface area (Å²) in [5.74, 6) is 0.876. The molecule has 3 heterocycles. The Labute approximate surface area is 144 Å². The van der Waals surface area contributed by atoms with E-state index in [0.717, 1.165) is 12.8 Å². The highest BCUT2D eigenvalue weighted by Gasteiger charge is 2.21. The van der Waals surface area contributed by atoms with Crippen LogP contribution in [0.1, 0.15) is 48.2 Å². The normalized spacial score (nSPS) is 14.9. The van der Waals surface area contributed by atoms with Crippen molar-refractivity contribution in [3.63, 3.8) is 0 Å². The molecule has 0 saturated heterocycles. The average molecular weight is 338 g/mol. The zero-order valence-electron chi connectivity index (χ0n) is 13.6. The molecule has 1 aliphatic carbocycles. The second kappa shape index (κ2) is 6.51. The van der Waals surface area contributed by atoms with Crippen molar-refractivity contribution in [2.24, 2.45) is 5.92 Å². The van der Waals surface area contributed by atoms with E-state index in [1.807, 2.05) is 0 Å². The quantitative estimate of drug-likeness (QED) is 0.722. The second-order valence-electron chi connectivity index (χ2n) is 6.33. The number of rotatable bonds is 5. The van der Waals surface area contributed by atoms with Gasteiger partial charge < -0.3 is 9.73 Å². The minimum absolute atomic E-state index is 0.0335. The molecule has 7 heteroatoms. The Morgan fingerprint density at radius 1 is 1.28 bits per heavy atom. The molecule has 0 spiro atoms. The minimum Gasteiger partial charge on any atom is -0.461 e. The smallest absolute Gasteiger partial charge is 0.233 e. The molecule has 0 radical (unpaired) electrons. The Kier molecular flexibility index (Phi) is 4.05. The first-order chi connectivity index (χ1) is 12.2. The fourth-order valence-corrected chi connectivity index (χ4v) is 3.36. The van der Waals surface area contributed by atoms with Crippen molar-refractivity contribution in [3.8, 4) is 0 Å². The van der Waals surface area contributed by atoms with E-state index in [0.29, 0.717) is 29.4 Å². The summed E-state index contributed by atoms with van der Waals surface area (Å²) in [6, 6.07) is 4.92. The van der Waals surface area contributed by atoms with Crippen LogP contribution in [0.25, 0.3) is 5.65 Å². The number of nitrogens with zero attached hydrogens (tertiary/aromatic N) is 3. The lowest BCUT2D eigenvalue weighted by molar-refractivity contribution is -0.117. The SMILES string of the molecule is O=C(CC1CCCC1)Nc1ccnc2c(C(=O)c3ccco3)cnn12. The van der Waals surface area contributed by atoms with Gasteiger partial charge in [-0.3, -0.25) is 9.59 Å². The number of aromatic nitrogens is 3. The van der Waals surface area contributed by atoms with Gasteiger partial charge in [-0.25, -0.2) is 4.98 Å². The molecule has 0 aliphatic heterocycles. The van der Waals surface area contributed by atoms with E-state index in [1.54, 1.807) is 24.4 Å². The van der Waals surface area contributed by atoms with Crippen molar-refractivity contribution in [1.82, 2.24) is 14.6 Å². The maximum Gasteiger partial charge on any atom is 0.233 e. The summed E-state index contributed by atoms with van der Waals surface area (Å²) in [7, 11) is 0. The molecule has 0 atom stereocenters. The number of nitrogens with one attached hydrogen (secondary N) is 1. The highest BCUT2D eigenvalue weighted by Crippen LogP contribution is 2.28. The summed E-state index contributed by atoms with van der Waals surface area (Å²) < 4.78 is 6.63. The zero-order valence-corrected chi connectivity index (χ0v) is 13.6. The van der Waals surface area contributed by atoms with Crippen LogP contribution in [0.3, 0.4) is 0 Å². The second-order valence-corrected chi connectivity index (χ2v) is 6.33. The minimum atomic E-state index is -0.290. The summed E-state index contributed by atoms with van der Waals surface area (Å²) in [6.45, 7) is 0. The summed E-state index contributed by atoms with van der Waals surface area (Å²) in [4.78, 5) is 29.0. The lowest BCUT2D eigenvalue weighted by Crippen LogP contribution is -2.17. The van der Waals surface area contributed by atoms with Gasteiger partial charge in [0.1, 0.15) is 5.82 Å². The molecule has 4 rings (SSSR count). The molecule has 128 valence electrons. The molecule has 25 heavy (non-hydrogen) atoms. The number of amides is 1. The molecule has 1 amide bonds. The first-order valence-corrected chi connectivity index (χ1v) is 8.43. The number of anilines is 1. The van der Waals surface area contributed by atoms with Crippen LogP contribution in [0.4, 0.5) is 5.82 Å². The molecule has 3 aromatic rings. The molecule has 3 aromatic heterocycles. The van der Waals surface area contributed by atoms with E-state index in [1.165, 1.54) is 29.8 Å². The van der Waals surface area contributed by atoms with Crippen LogP contribution in [-0.4, -0.2) is 26.3 Å². The van der Waals surface area contributed by atoms with Gasteiger partial charge in [0.2, 0.25) is 11.7 Å². The van der Waals surface area contributed by atoms with Crippen LogP contribution in [0.15, 0.2) is 41.3 Å². The molecule has 1 aliphatic rings. The molecule has 1 saturated carbocycles.